The number of carbonyl (C=O) groups excluding carboxylic acids is 2. The summed E-state index contributed by atoms with van der Waals surface area (Å²) in [6.45, 7) is 5.51. The van der Waals surface area contributed by atoms with E-state index in [0.29, 0.717) is 11.3 Å². The maximum atomic E-state index is 13.8. The summed E-state index contributed by atoms with van der Waals surface area (Å²) in [5.74, 6) is -0.356. The van der Waals surface area contributed by atoms with Crippen LogP contribution in [0.4, 0.5) is 11.4 Å². The lowest BCUT2D eigenvalue weighted by Crippen LogP contribution is -2.48. The number of piperazine rings is 1. The number of nitrogens with zero attached hydrogens (tertiary/aromatic N) is 3. The number of H-pyrrole nitrogens is 1. The maximum Gasteiger partial charge on any atom is 0.255 e. The number of benzene rings is 5. The van der Waals surface area contributed by atoms with Gasteiger partial charge in [-0.25, -0.2) is 0 Å². The van der Waals surface area contributed by atoms with Crippen LogP contribution in [0.15, 0.2) is 140 Å². The van der Waals surface area contributed by atoms with Crippen LogP contribution in [0, 0.1) is 0 Å². The van der Waals surface area contributed by atoms with E-state index in [-0.39, 0.29) is 23.9 Å². The maximum absolute atomic E-state index is 13.8. The number of hydrogen-bond donors (Lipinski definition) is 2. The van der Waals surface area contributed by atoms with Crippen molar-refractivity contribution in [3.05, 3.63) is 167 Å². The van der Waals surface area contributed by atoms with Gasteiger partial charge in [-0.2, -0.15) is 0 Å². The molecule has 0 saturated carbocycles. The number of amides is 2. The summed E-state index contributed by atoms with van der Waals surface area (Å²) in [6, 6.07) is 44.5. The van der Waals surface area contributed by atoms with E-state index in [1.54, 1.807) is 4.90 Å². The van der Waals surface area contributed by atoms with Gasteiger partial charge in [-0.15, -0.1) is 0 Å². The average molecular weight is 646 g/mol. The average Bonchev–Trinajstić information content (AvgIpc) is 3.71. The smallest absolute Gasteiger partial charge is 0.255 e. The van der Waals surface area contributed by atoms with Gasteiger partial charge < -0.3 is 20.1 Å². The zero-order valence-electron chi connectivity index (χ0n) is 27.5. The number of nitrogens with one attached hydrogen (secondary N) is 2. The van der Waals surface area contributed by atoms with Gasteiger partial charge in [0.1, 0.15) is 6.04 Å². The van der Waals surface area contributed by atoms with Crippen molar-refractivity contribution in [2.75, 3.05) is 36.4 Å². The van der Waals surface area contributed by atoms with Crippen LogP contribution in [-0.4, -0.2) is 58.8 Å². The highest BCUT2D eigenvalue weighted by molar-refractivity contribution is 6.05. The van der Waals surface area contributed by atoms with Crippen molar-refractivity contribution < 1.29 is 9.59 Å². The van der Waals surface area contributed by atoms with Crippen LogP contribution in [-0.2, 0) is 4.79 Å². The molecule has 49 heavy (non-hydrogen) atoms. The third-order valence-electron chi connectivity index (χ3n) is 10.1. The molecule has 0 bridgehead atoms. The molecule has 2 amide bonds. The predicted molar refractivity (Wildman–Crippen MR) is 196 cm³/mol. The van der Waals surface area contributed by atoms with Crippen molar-refractivity contribution in [1.29, 1.82) is 0 Å². The van der Waals surface area contributed by atoms with Crippen LogP contribution in [0.5, 0.6) is 0 Å². The number of fused-ring (bicyclic) bond motifs is 2. The molecule has 2 unspecified atom stereocenters. The predicted octanol–water partition coefficient (Wildman–Crippen LogP) is 7.65. The van der Waals surface area contributed by atoms with Crippen LogP contribution in [0.25, 0.3) is 10.9 Å². The molecule has 2 atom stereocenters. The number of hydrogen-bond acceptors (Lipinski definition) is 4. The molecule has 2 aliphatic heterocycles. The minimum atomic E-state index is -0.700. The third-order valence-corrected chi connectivity index (χ3v) is 10.1. The number of aromatic nitrogens is 1. The van der Waals surface area contributed by atoms with E-state index < -0.39 is 6.04 Å². The topological polar surface area (TPSA) is 71.7 Å². The minimum absolute atomic E-state index is 0.134. The van der Waals surface area contributed by atoms with E-state index in [2.05, 4.69) is 99.0 Å². The summed E-state index contributed by atoms with van der Waals surface area (Å²) in [7, 11) is 0. The molecule has 244 valence electrons. The van der Waals surface area contributed by atoms with Crippen molar-refractivity contribution in [2.45, 2.75) is 25.0 Å². The highest BCUT2D eigenvalue weighted by Crippen LogP contribution is 2.42. The van der Waals surface area contributed by atoms with E-state index in [4.69, 9.17) is 0 Å². The van der Waals surface area contributed by atoms with Crippen molar-refractivity contribution in [2.24, 2.45) is 0 Å². The van der Waals surface area contributed by atoms with E-state index in [1.807, 2.05) is 67.7 Å². The first-order valence-electron chi connectivity index (χ1n) is 17.0. The molecule has 7 nitrogen and oxygen atoms in total. The SMILES string of the molecule is CC(C(=O)Nc1ccc(N2CCN(C(c3ccccc3)c3ccccc3)CC2)cc1)N1C(=O)c2ccccc2C1c1c[nH]c2ccccc12. The molecule has 7 heteroatoms. The monoisotopic (exact) mass is 645 g/mol. The molecule has 0 aliphatic carbocycles. The van der Waals surface area contributed by atoms with Gasteiger partial charge in [0.2, 0.25) is 5.91 Å². The van der Waals surface area contributed by atoms with E-state index in [0.717, 1.165) is 53.9 Å². The summed E-state index contributed by atoms with van der Waals surface area (Å²) in [4.78, 5) is 37.6. The van der Waals surface area contributed by atoms with Crippen LogP contribution in [0.2, 0.25) is 0 Å². The Labute approximate surface area is 286 Å². The molecule has 1 fully saturated rings. The number of rotatable bonds is 8. The normalized spacial score (nSPS) is 17.0. The van der Waals surface area contributed by atoms with Crippen LogP contribution < -0.4 is 10.2 Å². The first-order valence-corrected chi connectivity index (χ1v) is 17.0. The minimum Gasteiger partial charge on any atom is -0.369 e. The Hall–Kier alpha value is -5.66. The molecule has 2 N–H and O–H groups in total. The lowest BCUT2D eigenvalue weighted by molar-refractivity contribution is -0.120. The molecule has 2 aliphatic rings. The van der Waals surface area contributed by atoms with Gasteiger partial charge >= 0.3 is 0 Å². The second-order valence-corrected chi connectivity index (χ2v) is 13.0. The van der Waals surface area contributed by atoms with Crippen LogP contribution in [0.1, 0.15) is 51.6 Å². The van der Waals surface area contributed by atoms with Gasteiger partial charge in [0, 0.05) is 65.8 Å². The Morgan fingerprint density at radius 2 is 1.33 bits per heavy atom. The van der Waals surface area contributed by atoms with Crippen molar-refractivity contribution in [3.8, 4) is 0 Å². The summed E-state index contributed by atoms with van der Waals surface area (Å²) >= 11 is 0. The second kappa shape index (κ2) is 13.1. The van der Waals surface area contributed by atoms with Crippen LogP contribution >= 0.6 is 0 Å². The molecular formula is C42H39N5O2. The fourth-order valence-corrected chi connectivity index (χ4v) is 7.63. The summed E-state index contributed by atoms with van der Waals surface area (Å²) in [6.07, 6.45) is 1.96. The van der Waals surface area contributed by atoms with Gasteiger partial charge in [0.05, 0.1) is 12.1 Å². The highest BCUT2D eigenvalue weighted by atomic mass is 16.2. The number of para-hydroxylation sites is 1. The Morgan fingerprint density at radius 1 is 0.714 bits per heavy atom. The van der Waals surface area contributed by atoms with E-state index >= 15 is 0 Å². The highest BCUT2D eigenvalue weighted by Gasteiger charge is 2.43. The Bertz CT molecular complexity index is 2050. The first-order chi connectivity index (χ1) is 24.1. The molecule has 6 aromatic rings. The van der Waals surface area contributed by atoms with Gasteiger partial charge in [0.15, 0.2) is 0 Å². The molecule has 5 aromatic carbocycles. The number of aromatic amines is 1. The van der Waals surface area contributed by atoms with Gasteiger partial charge in [0.25, 0.3) is 5.91 Å². The molecule has 3 heterocycles. The summed E-state index contributed by atoms with van der Waals surface area (Å²) in [5.41, 5.74) is 8.00. The Balaban J connectivity index is 0.955. The summed E-state index contributed by atoms with van der Waals surface area (Å²) in [5, 5.41) is 4.13. The summed E-state index contributed by atoms with van der Waals surface area (Å²) < 4.78 is 0. The van der Waals surface area contributed by atoms with E-state index in [9.17, 15) is 9.59 Å². The lowest BCUT2D eigenvalue weighted by Gasteiger charge is -2.40. The molecule has 1 saturated heterocycles. The van der Waals surface area contributed by atoms with Crippen molar-refractivity contribution >= 4 is 34.1 Å². The zero-order chi connectivity index (χ0) is 33.3. The fraction of sp³-hybridized carbons (Fsp3) is 0.190. The Morgan fingerprint density at radius 3 is 2.02 bits per heavy atom. The third kappa shape index (κ3) is 5.76. The Kier molecular flexibility index (Phi) is 8.19. The van der Waals surface area contributed by atoms with Gasteiger partial charge in [-0.1, -0.05) is 97.1 Å². The van der Waals surface area contributed by atoms with E-state index in [1.165, 1.54) is 11.1 Å². The molecule has 0 spiro atoms. The first kappa shape index (κ1) is 30.7. The van der Waals surface area contributed by atoms with Gasteiger partial charge in [-0.05, 0) is 60.0 Å². The lowest BCUT2D eigenvalue weighted by atomic mass is 9.96. The second-order valence-electron chi connectivity index (χ2n) is 13.0. The number of anilines is 2. The van der Waals surface area contributed by atoms with Gasteiger partial charge in [-0.3, -0.25) is 14.5 Å². The van der Waals surface area contributed by atoms with Crippen molar-refractivity contribution in [3.63, 3.8) is 0 Å². The standard InChI is InChI=1S/C42H39N5O2/c1-29(47-40(35-17-8-9-18-36(35)42(47)49)37-28-43-38-19-11-10-16-34(37)38)41(48)44-32-20-22-33(23-21-32)45-24-26-46(27-25-45)39(30-12-4-2-5-13-30)31-14-6-3-7-15-31/h2-23,28-29,39-40,43H,24-27H2,1H3,(H,44,48). The van der Waals surface area contributed by atoms with Crippen molar-refractivity contribution in [1.82, 2.24) is 14.8 Å². The largest absolute Gasteiger partial charge is 0.369 e. The molecule has 1 aromatic heterocycles. The molecule has 8 rings (SSSR count). The molecular weight excluding hydrogens is 606 g/mol. The quantitative estimate of drug-likeness (QED) is 0.178. The number of carbonyl (C=O) groups is 2. The zero-order valence-corrected chi connectivity index (χ0v) is 27.5. The fourth-order valence-electron chi connectivity index (χ4n) is 7.63. The molecule has 0 radical (unpaired) electrons. The van der Waals surface area contributed by atoms with Crippen LogP contribution in [0.3, 0.4) is 0 Å².